The first-order valence-corrected chi connectivity index (χ1v) is 4.78. The maximum absolute atomic E-state index is 9.11. The van der Waals surface area contributed by atoms with E-state index in [1.165, 1.54) is 5.56 Å². The number of aromatic hydroxyl groups is 1. The largest absolute Gasteiger partial charge is 0.508 e. The molecule has 0 saturated heterocycles. The topological polar surface area (TPSA) is 32.3 Å². The monoisotopic (exact) mass is 191 g/mol. The Morgan fingerprint density at radius 1 is 1.43 bits per heavy atom. The van der Waals surface area contributed by atoms with Gasteiger partial charge >= 0.3 is 0 Å². The number of hydrogen-bond donors (Lipinski definition) is 2. The van der Waals surface area contributed by atoms with E-state index < -0.39 is 0 Å². The maximum Gasteiger partial charge on any atom is 0.115 e. The predicted molar refractivity (Wildman–Crippen MR) is 59.2 cm³/mol. The van der Waals surface area contributed by atoms with E-state index in [4.69, 9.17) is 5.11 Å². The molecule has 0 amide bonds. The number of nitrogens with one attached hydrogen (secondary N) is 1. The summed E-state index contributed by atoms with van der Waals surface area (Å²) in [6.07, 6.45) is 0.938. The maximum atomic E-state index is 9.11. The van der Waals surface area contributed by atoms with Crippen molar-refractivity contribution in [3.05, 3.63) is 42.1 Å². The highest BCUT2D eigenvalue weighted by atomic mass is 16.3. The second-order valence-electron chi connectivity index (χ2n) is 3.70. The molecular formula is C12H17NO. The van der Waals surface area contributed by atoms with E-state index in [1.54, 1.807) is 12.1 Å². The van der Waals surface area contributed by atoms with Crippen LogP contribution in [0.1, 0.15) is 19.4 Å². The van der Waals surface area contributed by atoms with Crippen LogP contribution in [0.4, 0.5) is 0 Å². The molecule has 1 unspecified atom stereocenters. The Hall–Kier alpha value is -1.44. The number of benzene rings is 1. The number of phenols is 1. The number of rotatable bonds is 4. The summed E-state index contributed by atoms with van der Waals surface area (Å²) in [5.41, 5.74) is 2.19. The molecule has 1 rings (SSSR count). The van der Waals surface area contributed by atoms with Crippen molar-refractivity contribution in [1.82, 2.24) is 5.32 Å². The summed E-state index contributed by atoms with van der Waals surface area (Å²) in [4.78, 5) is 0. The van der Waals surface area contributed by atoms with Crippen LogP contribution >= 0.6 is 0 Å². The molecule has 1 atom stereocenters. The van der Waals surface area contributed by atoms with Gasteiger partial charge in [-0.15, -0.1) is 0 Å². The van der Waals surface area contributed by atoms with Gasteiger partial charge < -0.3 is 10.4 Å². The fourth-order valence-corrected chi connectivity index (χ4v) is 1.46. The van der Waals surface area contributed by atoms with Gasteiger partial charge in [0.1, 0.15) is 5.75 Å². The fraction of sp³-hybridized carbons (Fsp3) is 0.333. The molecule has 0 bridgehead atoms. The summed E-state index contributed by atoms with van der Waals surface area (Å²) in [6, 6.07) is 7.67. The van der Waals surface area contributed by atoms with E-state index in [-0.39, 0.29) is 0 Å². The molecule has 0 heterocycles. The Morgan fingerprint density at radius 3 is 2.50 bits per heavy atom. The highest BCUT2D eigenvalue weighted by molar-refractivity contribution is 5.26. The van der Waals surface area contributed by atoms with E-state index >= 15 is 0 Å². The van der Waals surface area contributed by atoms with E-state index in [1.807, 2.05) is 19.1 Å². The molecule has 1 aromatic carbocycles. The lowest BCUT2D eigenvalue weighted by Crippen LogP contribution is -2.25. The molecule has 0 aliphatic carbocycles. The first-order chi connectivity index (χ1) is 6.58. The number of phenolic OH excluding ortho intramolecular Hbond substituents is 1. The van der Waals surface area contributed by atoms with Crippen LogP contribution < -0.4 is 5.32 Å². The van der Waals surface area contributed by atoms with Gasteiger partial charge in [-0.05, 0) is 38.0 Å². The van der Waals surface area contributed by atoms with Gasteiger partial charge in [0.25, 0.3) is 0 Å². The minimum atomic E-state index is 0.314. The lowest BCUT2D eigenvalue weighted by Gasteiger charge is -2.14. The molecule has 0 aromatic heterocycles. The highest BCUT2D eigenvalue weighted by Crippen LogP contribution is 2.11. The van der Waals surface area contributed by atoms with Crippen LogP contribution in [0.3, 0.4) is 0 Å². The Kier molecular flexibility index (Phi) is 3.57. The third-order valence-electron chi connectivity index (χ3n) is 1.97. The Bertz CT molecular complexity index is 303. The third kappa shape index (κ3) is 3.52. The molecule has 1 aromatic rings. The molecule has 14 heavy (non-hydrogen) atoms. The zero-order chi connectivity index (χ0) is 10.6. The van der Waals surface area contributed by atoms with Crippen molar-refractivity contribution in [2.75, 3.05) is 0 Å². The van der Waals surface area contributed by atoms with Crippen LogP contribution in [0.25, 0.3) is 0 Å². The van der Waals surface area contributed by atoms with Crippen molar-refractivity contribution in [2.45, 2.75) is 26.3 Å². The van der Waals surface area contributed by atoms with Gasteiger partial charge in [0.2, 0.25) is 0 Å². The Morgan fingerprint density at radius 2 is 2.00 bits per heavy atom. The molecule has 2 nitrogen and oxygen atoms in total. The van der Waals surface area contributed by atoms with E-state index in [0.717, 1.165) is 12.1 Å². The minimum absolute atomic E-state index is 0.314. The van der Waals surface area contributed by atoms with Crippen molar-refractivity contribution in [3.8, 4) is 5.75 Å². The zero-order valence-corrected chi connectivity index (χ0v) is 8.75. The van der Waals surface area contributed by atoms with Gasteiger partial charge in [-0.2, -0.15) is 0 Å². The third-order valence-corrected chi connectivity index (χ3v) is 1.97. The van der Waals surface area contributed by atoms with E-state index in [9.17, 15) is 0 Å². The second-order valence-corrected chi connectivity index (χ2v) is 3.70. The second kappa shape index (κ2) is 4.70. The number of hydrogen-bond acceptors (Lipinski definition) is 2. The van der Waals surface area contributed by atoms with Gasteiger partial charge in [0.05, 0.1) is 0 Å². The van der Waals surface area contributed by atoms with Gasteiger partial charge in [-0.1, -0.05) is 18.7 Å². The molecule has 2 heteroatoms. The molecule has 76 valence electrons. The average Bonchev–Trinajstić information content (AvgIpc) is 2.07. The summed E-state index contributed by atoms with van der Waals surface area (Å²) >= 11 is 0. The standard InChI is InChI=1S/C12H17NO/c1-9(2)13-10(3)8-11-4-6-12(14)7-5-11/h4-7,10,13-14H,1,8H2,2-3H3. The molecule has 0 saturated carbocycles. The van der Waals surface area contributed by atoms with Gasteiger partial charge in [-0.3, -0.25) is 0 Å². The zero-order valence-electron chi connectivity index (χ0n) is 8.75. The lowest BCUT2D eigenvalue weighted by molar-refractivity contribution is 0.475. The molecule has 0 spiro atoms. The molecule has 0 radical (unpaired) electrons. The van der Waals surface area contributed by atoms with Crippen molar-refractivity contribution in [3.63, 3.8) is 0 Å². The lowest BCUT2D eigenvalue weighted by atomic mass is 10.1. The summed E-state index contributed by atoms with van der Waals surface area (Å²) in [7, 11) is 0. The highest BCUT2D eigenvalue weighted by Gasteiger charge is 2.02. The normalized spacial score (nSPS) is 12.1. The molecule has 0 aliphatic heterocycles. The van der Waals surface area contributed by atoms with Crippen LogP contribution in [-0.4, -0.2) is 11.1 Å². The average molecular weight is 191 g/mol. The summed E-state index contributed by atoms with van der Waals surface area (Å²) < 4.78 is 0. The Balaban J connectivity index is 2.51. The fourth-order valence-electron chi connectivity index (χ4n) is 1.46. The smallest absolute Gasteiger partial charge is 0.115 e. The molecule has 2 N–H and O–H groups in total. The van der Waals surface area contributed by atoms with Gasteiger partial charge in [-0.25, -0.2) is 0 Å². The van der Waals surface area contributed by atoms with Crippen LogP contribution in [0.5, 0.6) is 5.75 Å². The molecule has 0 fully saturated rings. The van der Waals surface area contributed by atoms with Crippen molar-refractivity contribution in [1.29, 1.82) is 0 Å². The van der Waals surface area contributed by atoms with Crippen LogP contribution in [-0.2, 0) is 6.42 Å². The SMILES string of the molecule is C=C(C)NC(C)Cc1ccc(O)cc1. The van der Waals surface area contributed by atoms with Crippen LogP contribution in [0.15, 0.2) is 36.5 Å². The summed E-state index contributed by atoms with van der Waals surface area (Å²) in [5.74, 6) is 0.314. The predicted octanol–water partition coefficient (Wildman–Crippen LogP) is 2.45. The first kappa shape index (κ1) is 10.6. The van der Waals surface area contributed by atoms with Crippen LogP contribution in [0.2, 0.25) is 0 Å². The summed E-state index contributed by atoms with van der Waals surface area (Å²) in [6.45, 7) is 7.86. The van der Waals surface area contributed by atoms with Crippen molar-refractivity contribution in [2.24, 2.45) is 0 Å². The van der Waals surface area contributed by atoms with Crippen LogP contribution in [0, 0.1) is 0 Å². The van der Waals surface area contributed by atoms with Crippen molar-refractivity contribution < 1.29 is 5.11 Å². The minimum Gasteiger partial charge on any atom is -0.508 e. The first-order valence-electron chi connectivity index (χ1n) is 4.78. The van der Waals surface area contributed by atoms with E-state index in [0.29, 0.717) is 11.8 Å². The van der Waals surface area contributed by atoms with Crippen molar-refractivity contribution >= 4 is 0 Å². The Labute approximate surface area is 85.3 Å². The number of allylic oxidation sites excluding steroid dienone is 1. The molecule has 0 aliphatic rings. The summed E-state index contributed by atoms with van der Waals surface area (Å²) in [5, 5.41) is 12.4. The quantitative estimate of drug-likeness (QED) is 0.766. The van der Waals surface area contributed by atoms with Gasteiger partial charge in [0, 0.05) is 11.7 Å². The van der Waals surface area contributed by atoms with E-state index in [2.05, 4.69) is 18.8 Å². The van der Waals surface area contributed by atoms with Gasteiger partial charge in [0.15, 0.2) is 0 Å². The molecular weight excluding hydrogens is 174 g/mol.